The average Bonchev–Trinajstić information content (AvgIpc) is 2.68. The van der Waals surface area contributed by atoms with Crippen LogP contribution < -0.4 is 15.6 Å². The van der Waals surface area contributed by atoms with Crippen molar-refractivity contribution in [2.45, 2.75) is 13.0 Å². The Labute approximate surface area is 164 Å². The summed E-state index contributed by atoms with van der Waals surface area (Å²) in [4.78, 5) is 24.8. The third-order valence-electron chi connectivity index (χ3n) is 4.05. The second kappa shape index (κ2) is 8.18. The van der Waals surface area contributed by atoms with Gasteiger partial charge in [0.1, 0.15) is 11.8 Å². The van der Waals surface area contributed by atoms with Crippen LogP contribution in [0.25, 0.3) is 11.3 Å². The first-order valence-corrected chi connectivity index (χ1v) is 9.08. The fraction of sp³-hybridized carbons (Fsp3) is 0.150. The number of anilines is 1. The second-order valence-electron chi connectivity index (χ2n) is 5.91. The Bertz CT molecular complexity index is 1020. The number of carbonyl (C=O) groups is 1. The number of nitrogens with one attached hydrogen (secondary N) is 1. The topological polar surface area (TPSA) is 73.2 Å². The van der Waals surface area contributed by atoms with Crippen molar-refractivity contribution >= 4 is 27.5 Å². The Hall–Kier alpha value is -2.93. The van der Waals surface area contributed by atoms with Gasteiger partial charge in [0.25, 0.3) is 5.56 Å². The van der Waals surface area contributed by atoms with Gasteiger partial charge in [-0.05, 0) is 55.5 Å². The van der Waals surface area contributed by atoms with Crippen LogP contribution in [0.4, 0.5) is 5.69 Å². The number of methoxy groups -OCH3 is 1. The van der Waals surface area contributed by atoms with Crippen LogP contribution >= 0.6 is 15.9 Å². The van der Waals surface area contributed by atoms with Crippen LogP contribution in [-0.2, 0) is 4.79 Å². The highest BCUT2D eigenvalue weighted by Gasteiger charge is 2.18. The van der Waals surface area contributed by atoms with Crippen molar-refractivity contribution in [1.82, 2.24) is 9.78 Å². The van der Waals surface area contributed by atoms with Gasteiger partial charge in [-0.15, -0.1) is 0 Å². The maximum absolute atomic E-state index is 12.6. The minimum atomic E-state index is -0.769. The molecule has 1 amide bonds. The molecule has 0 aliphatic carbocycles. The third-order valence-corrected chi connectivity index (χ3v) is 4.54. The van der Waals surface area contributed by atoms with Crippen LogP contribution in [0.3, 0.4) is 0 Å². The summed E-state index contributed by atoms with van der Waals surface area (Å²) in [5, 5.41) is 7.17. The van der Waals surface area contributed by atoms with Gasteiger partial charge >= 0.3 is 0 Å². The van der Waals surface area contributed by atoms with Crippen LogP contribution in [0.1, 0.15) is 13.0 Å². The predicted molar refractivity (Wildman–Crippen MR) is 108 cm³/mol. The zero-order chi connectivity index (χ0) is 19.4. The third kappa shape index (κ3) is 4.43. The molecule has 6 nitrogen and oxygen atoms in total. The Morgan fingerprint density at radius 2 is 1.89 bits per heavy atom. The molecule has 3 aromatic rings. The van der Waals surface area contributed by atoms with Crippen molar-refractivity contribution in [2.24, 2.45) is 0 Å². The van der Waals surface area contributed by atoms with Gasteiger partial charge in [-0.2, -0.15) is 5.10 Å². The number of hydrogen-bond acceptors (Lipinski definition) is 4. The highest BCUT2D eigenvalue weighted by atomic mass is 79.9. The summed E-state index contributed by atoms with van der Waals surface area (Å²) < 4.78 is 7.19. The minimum Gasteiger partial charge on any atom is -0.497 e. The molecule has 7 heteroatoms. The van der Waals surface area contributed by atoms with Crippen molar-refractivity contribution in [3.63, 3.8) is 0 Å². The number of nitrogens with zero attached hydrogens (tertiary/aromatic N) is 2. The maximum atomic E-state index is 12.6. The van der Waals surface area contributed by atoms with E-state index in [2.05, 4.69) is 26.3 Å². The summed E-state index contributed by atoms with van der Waals surface area (Å²) in [6.07, 6.45) is 0. The number of aromatic nitrogens is 2. The van der Waals surface area contributed by atoms with E-state index in [-0.39, 0.29) is 11.5 Å². The van der Waals surface area contributed by atoms with Gasteiger partial charge in [0.15, 0.2) is 0 Å². The molecule has 1 heterocycles. The molecule has 0 aliphatic rings. The summed E-state index contributed by atoms with van der Waals surface area (Å²) in [5.74, 6) is 0.406. The first-order valence-electron chi connectivity index (χ1n) is 8.28. The largest absolute Gasteiger partial charge is 0.497 e. The lowest BCUT2D eigenvalue weighted by atomic mass is 10.1. The predicted octanol–water partition coefficient (Wildman–Crippen LogP) is 3.88. The van der Waals surface area contributed by atoms with Crippen molar-refractivity contribution in [3.8, 4) is 17.0 Å². The van der Waals surface area contributed by atoms with E-state index < -0.39 is 6.04 Å². The van der Waals surface area contributed by atoms with E-state index >= 15 is 0 Å². The van der Waals surface area contributed by atoms with Gasteiger partial charge < -0.3 is 10.1 Å². The normalized spacial score (nSPS) is 11.7. The molecule has 0 bridgehead atoms. The van der Waals surface area contributed by atoms with Gasteiger partial charge in [-0.3, -0.25) is 9.59 Å². The summed E-state index contributed by atoms with van der Waals surface area (Å²) in [5.41, 5.74) is 1.72. The lowest BCUT2D eigenvalue weighted by Crippen LogP contribution is -2.33. The Kier molecular flexibility index (Phi) is 5.71. The smallest absolute Gasteiger partial charge is 0.267 e. The number of halogens is 1. The van der Waals surface area contributed by atoms with Crippen LogP contribution in [0.5, 0.6) is 5.75 Å². The number of benzene rings is 2. The maximum Gasteiger partial charge on any atom is 0.267 e. The first-order chi connectivity index (χ1) is 13.0. The highest BCUT2D eigenvalue weighted by molar-refractivity contribution is 9.10. The van der Waals surface area contributed by atoms with E-state index in [1.807, 2.05) is 36.4 Å². The van der Waals surface area contributed by atoms with Crippen LogP contribution in [-0.4, -0.2) is 22.8 Å². The van der Waals surface area contributed by atoms with E-state index in [4.69, 9.17) is 4.74 Å². The molecule has 0 radical (unpaired) electrons. The highest BCUT2D eigenvalue weighted by Crippen LogP contribution is 2.21. The SMILES string of the molecule is COc1ccc(-c2ccc(=O)n(C(C)C(=O)Nc3cccc(Br)c3)n2)cc1. The molecule has 138 valence electrons. The van der Waals surface area contributed by atoms with Crippen LogP contribution in [0, 0.1) is 0 Å². The van der Waals surface area contributed by atoms with Crippen molar-refractivity contribution < 1.29 is 9.53 Å². The molecule has 1 atom stereocenters. The summed E-state index contributed by atoms with van der Waals surface area (Å²) in [7, 11) is 1.60. The zero-order valence-electron chi connectivity index (χ0n) is 14.8. The lowest BCUT2D eigenvalue weighted by molar-refractivity contribution is -0.119. The fourth-order valence-corrected chi connectivity index (χ4v) is 2.94. The number of rotatable bonds is 5. The molecule has 27 heavy (non-hydrogen) atoms. The number of amides is 1. The van der Waals surface area contributed by atoms with Gasteiger partial charge in [-0.25, -0.2) is 4.68 Å². The molecule has 0 fully saturated rings. The molecule has 0 aliphatic heterocycles. The van der Waals surface area contributed by atoms with E-state index in [1.54, 1.807) is 32.2 Å². The van der Waals surface area contributed by atoms with Crippen molar-refractivity contribution in [1.29, 1.82) is 0 Å². The summed E-state index contributed by atoms with van der Waals surface area (Å²) >= 11 is 3.36. The fourth-order valence-electron chi connectivity index (χ4n) is 2.54. The number of ether oxygens (including phenoxy) is 1. The molecular weight excluding hydrogens is 410 g/mol. The lowest BCUT2D eigenvalue weighted by Gasteiger charge is -2.15. The second-order valence-corrected chi connectivity index (χ2v) is 6.82. The molecule has 0 saturated heterocycles. The van der Waals surface area contributed by atoms with E-state index in [1.165, 1.54) is 10.7 Å². The average molecular weight is 428 g/mol. The summed E-state index contributed by atoms with van der Waals surface area (Å²) in [6, 6.07) is 16.9. The van der Waals surface area contributed by atoms with Crippen LogP contribution in [0.15, 0.2) is 69.9 Å². The summed E-state index contributed by atoms with van der Waals surface area (Å²) in [6.45, 7) is 1.64. The van der Waals surface area contributed by atoms with E-state index in [0.717, 1.165) is 15.8 Å². The van der Waals surface area contributed by atoms with Gasteiger partial charge in [0.05, 0.1) is 12.8 Å². The van der Waals surface area contributed by atoms with Crippen molar-refractivity contribution in [3.05, 3.63) is 75.5 Å². The molecular formula is C20H18BrN3O3. The molecule has 0 spiro atoms. The van der Waals surface area contributed by atoms with Gasteiger partial charge in [-0.1, -0.05) is 22.0 Å². The van der Waals surface area contributed by atoms with Gasteiger partial charge in [0, 0.05) is 21.8 Å². The van der Waals surface area contributed by atoms with Gasteiger partial charge in [0.2, 0.25) is 5.91 Å². The molecule has 1 N–H and O–H groups in total. The quantitative estimate of drug-likeness (QED) is 0.670. The van der Waals surface area contributed by atoms with Crippen molar-refractivity contribution in [2.75, 3.05) is 12.4 Å². The Morgan fingerprint density at radius 3 is 2.56 bits per heavy atom. The molecule has 3 rings (SSSR count). The molecule has 1 aromatic heterocycles. The Morgan fingerprint density at radius 1 is 1.15 bits per heavy atom. The number of carbonyl (C=O) groups excluding carboxylic acids is 1. The minimum absolute atomic E-state index is 0.324. The molecule has 1 unspecified atom stereocenters. The first kappa shape index (κ1) is 18.8. The standard InChI is InChI=1S/C20H18BrN3O3/c1-13(20(26)22-16-5-3-4-15(21)12-16)24-19(25)11-10-18(23-24)14-6-8-17(27-2)9-7-14/h3-13H,1-2H3,(H,22,26). The molecule has 0 saturated carbocycles. The van der Waals surface area contributed by atoms with E-state index in [0.29, 0.717) is 11.4 Å². The monoisotopic (exact) mass is 427 g/mol. The molecule has 2 aromatic carbocycles. The van der Waals surface area contributed by atoms with Crippen LogP contribution in [0.2, 0.25) is 0 Å². The van der Waals surface area contributed by atoms with E-state index in [9.17, 15) is 9.59 Å². The zero-order valence-corrected chi connectivity index (χ0v) is 16.4. The number of hydrogen-bond donors (Lipinski definition) is 1. The Balaban J connectivity index is 1.86.